The topological polar surface area (TPSA) is 42.0 Å². The van der Waals surface area contributed by atoms with Crippen molar-refractivity contribution < 1.29 is 4.79 Å². The van der Waals surface area contributed by atoms with Gasteiger partial charge in [-0.05, 0) is 41.8 Å². The molecular formula is C20H17ClN2O. The average Bonchev–Trinajstić information content (AvgIpc) is 2.57. The summed E-state index contributed by atoms with van der Waals surface area (Å²) in [5, 5.41) is 5.82. The Hall–Kier alpha value is -2.39. The van der Waals surface area contributed by atoms with E-state index in [9.17, 15) is 4.79 Å². The van der Waals surface area contributed by atoms with Gasteiger partial charge in [0, 0.05) is 28.8 Å². The first-order valence-electron chi connectivity index (χ1n) is 8.10. The molecule has 1 amide bonds. The summed E-state index contributed by atoms with van der Waals surface area (Å²) >= 11 is 6.05. The van der Waals surface area contributed by atoms with Gasteiger partial charge in [-0.1, -0.05) is 48.0 Å². The number of carbonyl (C=O) groups excluding carboxylic acids is 1. The van der Waals surface area contributed by atoms with E-state index in [1.807, 2.05) is 42.5 Å². The number of hydrogen-bond acceptors (Lipinski definition) is 2. The quantitative estimate of drug-likeness (QED) is 0.761. The summed E-state index contributed by atoms with van der Waals surface area (Å²) in [6, 6.07) is 16.0. The molecule has 1 heterocycles. The van der Waals surface area contributed by atoms with E-state index in [2.05, 4.69) is 16.4 Å². The molecule has 3 nitrogen and oxygen atoms in total. The average molecular weight is 337 g/mol. The fourth-order valence-electron chi connectivity index (χ4n) is 3.33. The largest absolute Gasteiger partial charge is 0.349 e. The molecule has 1 N–H and O–H groups in total. The monoisotopic (exact) mass is 336 g/mol. The van der Waals surface area contributed by atoms with E-state index in [4.69, 9.17) is 11.6 Å². The Morgan fingerprint density at radius 1 is 1.08 bits per heavy atom. The zero-order chi connectivity index (χ0) is 16.5. The van der Waals surface area contributed by atoms with Crippen LogP contribution >= 0.6 is 11.6 Å². The SMILES string of the molecule is O=C(NC1CC(c2cccc(Cl)c2)C1)c1cncc2ccccc12. The van der Waals surface area contributed by atoms with E-state index in [1.165, 1.54) is 5.56 Å². The van der Waals surface area contributed by atoms with Gasteiger partial charge in [0.05, 0.1) is 5.56 Å². The molecule has 0 spiro atoms. The van der Waals surface area contributed by atoms with Crippen LogP contribution in [0.3, 0.4) is 0 Å². The van der Waals surface area contributed by atoms with Gasteiger partial charge >= 0.3 is 0 Å². The highest BCUT2D eigenvalue weighted by atomic mass is 35.5. The van der Waals surface area contributed by atoms with Crippen molar-refractivity contribution in [2.75, 3.05) is 0 Å². The third kappa shape index (κ3) is 2.87. The van der Waals surface area contributed by atoms with Crippen LogP contribution in [0, 0.1) is 0 Å². The van der Waals surface area contributed by atoms with Gasteiger partial charge in [-0.25, -0.2) is 0 Å². The summed E-state index contributed by atoms with van der Waals surface area (Å²) < 4.78 is 0. The summed E-state index contributed by atoms with van der Waals surface area (Å²) in [6.45, 7) is 0. The predicted molar refractivity (Wildman–Crippen MR) is 96.4 cm³/mol. The number of nitrogens with one attached hydrogen (secondary N) is 1. The van der Waals surface area contributed by atoms with E-state index in [0.29, 0.717) is 11.5 Å². The minimum atomic E-state index is -0.0474. The number of hydrogen-bond donors (Lipinski definition) is 1. The minimum Gasteiger partial charge on any atom is -0.349 e. The van der Waals surface area contributed by atoms with Crippen molar-refractivity contribution in [2.45, 2.75) is 24.8 Å². The molecule has 1 aliphatic rings. The smallest absolute Gasteiger partial charge is 0.253 e. The lowest BCUT2D eigenvalue weighted by Gasteiger charge is -2.36. The molecule has 0 saturated heterocycles. The van der Waals surface area contributed by atoms with Crippen molar-refractivity contribution in [3.05, 3.63) is 77.1 Å². The van der Waals surface area contributed by atoms with Gasteiger partial charge in [-0.15, -0.1) is 0 Å². The molecule has 4 heteroatoms. The third-order valence-corrected chi connectivity index (χ3v) is 4.94. The van der Waals surface area contributed by atoms with Gasteiger partial charge < -0.3 is 5.32 Å². The van der Waals surface area contributed by atoms with Gasteiger partial charge in [0.1, 0.15) is 0 Å². The van der Waals surface area contributed by atoms with Crippen LogP contribution in [0.5, 0.6) is 0 Å². The van der Waals surface area contributed by atoms with E-state index in [0.717, 1.165) is 28.6 Å². The molecule has 0 aliphatic heterocycles. The van der Waals surface area contributed by atoms with Crippen molar-refractivity contribution in [1.82, 2.24) is 10.3 Å². The standard InChI is InChI=1S/C20H17ClN2O/c21-16-6-3-5-13(8-16)15-9-17(10-15)23-20(24)19-12-22-11-14-4-1-2-7-18(14)19/h1-8,11-12,15,17H,9-10H2,(H,23,24). The number of amides is 1. The van der Waals surface area contributed by atoms with E-state index in [1.54, 1.807) is 12.4 Å². The Labute approximate surface area is 145 Å². The highest BCUT2D eigenvalue weighted by molar-refractivity contribution is 6.30. The highest BCUT2D eigenvalue weighted by Crippen LogP contribution is 2.37. The zero-order valence-electron chi connectivity index (χ0n) is 13.1. The van der Waals surface area contributed by atoms with Crippen LogP contribution in [-0.4, -0.2) is 16.9 Å². The molecule has 0 unspecified atom stereocenters. The molecule has 4 rings (SSSR count). The molecule has 3 aromatic rings. The Kier molecular flexibility index (Phi) is 3.95. The Balaban J connectivity index is 1.44. The first-order valence-corrected chi connectivity index (χ1v) is 8.47. The molecule has 24 heavy (non-hydrogen) atoms. The van der Waals surface area contributed by atoms with Crippen LogP contribution < -0.4 is 5.32 Å². The van der Waals surface area contributed by atoms with Crippen LogP contribution in [0.2, 0.25) is 5.02 Å². The lowest BCUT2D eigenvalue weighted by Crippen LogP contribution is -2.43. The molecule has 1 saturated carbocycles. The van der Waals surface area contributed by atoms with Crippen LogP contribution in [0.25, 0.3) is 10.8 Å². The number of fused-ring (bicyclic) bond motifs is 1. The number of nitrogens with zero attached hydrogens (tertiary/aromatic N) is 1. The molecule has 0 radical (unpaired) electrons. The van der Waals surface area contributed by atoms with Crippen molar-refractivity contribution >= 4 is 28.3 Å². The van der Waals surface area contributed by atoms with Gasteiger partial charge in [-0.3, -0.25) is 9.78 Å². The molecule has 0 bridgehead atoms. The number of carbonyl (C=O) groups is 1. The van der Waals surface area contributed by atoms with Gasteiger partial charge in [0.25, 0.3) is 5.91 Å². The molecule has 2 aromatic carbocycles. The molecule has 1 aromatic heterocycles. The molecular weight excluding hydrogens is 320 g/mol. The minimum absolute atomic E-state index is 0.0474. The van der Waals surface area contributed by atoms with E-state index in [-0.39, 0.29) is 11.9 Å². The maximum absolute atomic E-state index is 12.6. The van der Waals surface area contributed by atoms with Gasteiger partial charge in [0.15, 0.2) is 0 Å². The van der Waals surface area contributed by atoms with Crippen LogP contribution in [0.1, 0.15) is 34.7 Å². The second-order valence-electron chi connectivity index (χ2n) is 6.30. The van der Waals surface area contributed by atoms with Crippen molar-refractivity contribution in [3.8, 4) is 0 Å². The zero-order valence-corrected chi connectivity index (χ0v) is 13.8. The summed E-state index contributed by atoms with van der Waals surface area (Å²) in [7, 11) is 0. The highest BCUT2D eigenvalue weighted by Gasteiger charge is 2.31. The van der Waals surface area contributed by atoms with Crippen molar-refractivity contribution in [1.29, 1.82) is 0 Å². The maximum Gasteiger partial charge on any atom is 0.253 e. The Morgan fingerprint density at radius 2 is 1.92 bits per heavy atom. The molecule has 120 valence electrons. The number of halogens is 1. The summed E-state index contributed by atoms with van der Waals surface area (Å²) in [5.41, 5.74) is 1.89. The first-order chi connectivity index (χ1) is 11.7. The van der Waals surface area contributed by atoms with Crippen molar-refractivity contribution in [2.24, 2.45) is 0 Å². The van der Waals surface area contributed by atoms with Crippen molar-refractivity contribution in [3.63, 3.8) is 0 Å². The second-order valence-corrected chi connectivity index (χ2v) is 6.74. The lowest BCUT2D eigenvalue weighted by atomic mass is 9.76. The van der Waals surface area contributed by atoms with E-state index < -0.39 is 0 Å². The number of pyridine rings is 1. The van der Waals surface area contributed by atoms with Crippen LogP contribution in [-0.2, 0) is 0 Å². The van der Waals surface area contributed by atoms with Gasteiger partial charge in [0.2, 0.25) is 0 Å². The Bertz CT molecular complexity index is 898. The van der Waals surface area contributed by atoms with E-state index >= 15 is 0 Å². The fraction of sp³-hybridized carbons (Fsp3) is 0.200. The van der Waals surface area contributed by atoms with Crippen LogP contribution in [0.15, 0.2) is 60.9 Å². The molecule has 0 atom stereocenters. The number of benzene rings is 2. The third-order valence-electron chi connectivity index (χ3n) is 4.71. The fourth-order valence-corrected chi connectivity index (χ4v) is 3.53. The first kappa shape index (κ1) is 15.2. The maximum atomic E-state index is 12.6. The number of rotatable bonds is 3. The normalized spacial score (nSPS) is 19.7. The lowest BCUT2D eigenvalue weighted by molar-refractivity contribution is 0.0910. The second kappa shape index (κ2) is 6.25. The van der Waals surface area contributed by atoms with Crippen LogP contribution in [0.4, 0.5) is 0 Å². The summed E-state index contributed by atoms with van der Waals surface area (Å²) in [5.74, 6) is 0.425. The summed E-state index contributed by atoms with van der Waals surface area (Å²) in [4.78, 5) is 16.8. The number of aromatic nitrogens is 1. The molecule has 1 fully saturated rings. The Morgan fingerprint density at radius 3 is 2.75 bits per heavy atom. The summed E-state index contributed by atoms with van der Waals surface area (Å²) in [6.07, 6.45) is 5.32. The molecule has 1 aliphatic carbocycles. The van der Waals surface area contributed by atoms with Gasteiger partial charge in [-0.2, -0.15) is 0 Å². The predicted octanol–water partition coefficient (Wildman–Crippen LogP) is 4.56.